The topological polar surface area (TPSA) is 66.6 Å². The van der Waals surface area contributed by atoms with E-state index in [0.29, 0.717) is 13.1 Å². The maximum absolute atomic E-state index is 11.0. The Labute approximate surface area is 117 Å². The van der Waals surface area contributed by atoms with Gasteiger partial charge in [0.05, 0.1) is 12.2 Å². The van der Waals surface area contributed by atoms with E-state index in [1.165, 1.54) is 0 Å². The largest absolute Gasteiger partial charge is 0.480 e. The van der Waals surface area contributed by atoms with Crippen LogP contribution in [-0.4, -0.2) is 27.5 Å². The number of carboxylic acids is 1. The highest BCUT2D eigenvalue weighted by Gasteiger charge is 2.14. The molecule has 0 saturated heterocycles. The normalized spacial score (nSPS) is 10.9. The molecule has 0 spiro atoms. The second kappa shape index (κ2) is 6.34. The highest BCUT2D eigenvalue weighted by atomic mass is 16.4. The standard InChI is InChI=1S/C15H18N2O3/c1-11-7-13(12(2)20-11)8-17(10-15(18)19)9-14-5-3-4-6-16-14/h3-7H,8-10H2,1-2H3,(H,18,19). The van der Waals surface area contributed by atoms with Crippen molar-refractivity contribution in [2.24, 2.45) is 0 Å². The minimum absolute atomic E-state index is 0.0275. The quantitative estimate of drug-likeness (QED) is 0.876. The van der Waals surface area contributed by atoms with Gasteiger partial charge in [-0.2, -0.15) is 0 Å². The van der Waals surface area contributed by atoms with Gasteiger partial charge in [0.2, 0.25) is 0 Å². The number of rotatable bonds is 6. The Morgan fingerprint density at radius 2 is 2.15 bits per heavy atom. The summed E-state index contributed by atoms with van der Waals surface area (Å²) in [5, 5.41) is 9.03. The predicted molar refractivity (Wildman–Crippen MR) is 74.2 cm³/mol. The minimum Gasteiger partial charge on any atom is -0.480 e. The average Bonchev–Trinajstić information content (AvgIpc) is 2.68. The summed E-state index contributed by atoms with van der Waals surface area (Å²) in [5.74, 6) is 0.823. The first-order valence-corrected chi connectivity index (χ1v) is 6.44. The molecule has 0 atom stereocenters. The maximum Gasteiger partial charge on any atom is 0.317 e. The Hall–Kier alpha value is -2.14. The molecular weight excluding hydrogens is 256 g/mol. The zero-order valence-corrected chi connectivity index (χ0v) is 11.7. The highest BCUT2D eigenvalue weighted by Crippen LogP contribution is 2.17. The van der Waals surface area contributed by atoms with Crippen LogP contribution in [0.2, 0.25) is 0 Å². The van der Waals surface area contributed by atoms with Crippen LogP contribution in [-0.2, 0) is 17.9 Å². The first kappa shape index (κ1) is 14.3. The number of hydrogen-bond donors (Lipinski definition) is 1. The molecule has 5 nitrogen and oxygen atoms in total. The summed E-state index contributed by atoms with van der Waals surface area (Å²) in [4.78, 5) is 17.1. The highest BCUT2D eigenvalue weighted by molar-refractivity contribution is 5.69. The molecule has 5 heteroatoms. The number of aromatic nitrogens is 1. The second-order valence-corrected chi connectivity index (χ2v) is 4.80. The lowest BCUT2D eigenvalue weighted by molar-refractivity contribution is -0.138. The van der Waals surface area contributed by atoms with Gasteiger partial charge in [-0.1, -0.05) is 6.07 Å². The number of carboxylic acid groups (broad SMARTS) is 1. The summed E-state index contributed by atoms with van der Waals surface area (Å²) in [6, 6.07) is 7.58. The van der Waals surface area contributed by atoms with Crippen LogP contribution in [0.25, 0.3) is 0 Å². The third-order valence-electron chi connectivity index (χ3n) is 3.01. The van der Waals surface area contributed by atoms with Gasteiger partial charge in [0.15, 0.2) is 0 Å². The first-order valence-electron chi connectivity index (χ1n) is 6.44. The van der Waals surface area contributed by atoms with E-state index in [2.05, 4.69) is 4.98 Å². The van der Waals surface area contributed by atoms with Crippen molar-refractivity contribution >= 4 is 5.97 Å². The molecule has 0 amide bonds. The molecule has 0 bridgehead atoms. The van der Waals surface area contributed by atoms with Gasteiger partial charge in [-0.05, 0) is 32.0 Å². The number of carbonyl (C=O) groups is 1. The van der Waals surface area contributed by atoms with Crippen molar-refractivity contribution in [3.05, 3.63) is 53.2 Å². The van der Waals surface area contributed by atoms with E-state index in [1.54, 1.807) is 6.20 Å². The third kappa shape index (κ3) is 3.93. The van der Waals surface area contributed by atoms with Crippen LogP contribution >= 0.6 is 0 Å². The second-order valence-electron chi connectivity index (χ2n) is 4.80. The molecule has 2 rings (SSSR count). The van der Waals surface area contributed by atoms with E-state index in [-0.39, 0.29) is 6.54 Å². The molecule has 0 saturated carbocycles. The van der Waals surface area contributed by atoms with Crippen LogP contribution in [0.3, 0.4) is 0 Å². The number of nitrogens with zero attached hydrogens (tertiary/aromatic N) is 2. The van der Waals surface area contributed by atoms with E-state index in [9.17, 15) is 4.79 Å². The van der Waals surface area contributed by atoms with Crippen molar-refractivity contribution < 1.29 is 14.3 Å². The zero-order chi connectivity index (χ0) is 14.5. The summed E-state index contributed by atoms with van der Waals surface area (Å²) in [6.45, 7) is 4.78. The molecule has 0 unspecified atom stereocenters. The molecule has 1 N–H and O–H groups in total. The van der Waals surface area contributed by atoms with Gasteiger partial charge in [0.1, 0.15) is 11.5 Å². The van der Waals surface area contributed by atoms with Crippen LogP contribution < -0.4 is 0 Å². The van der Waals surface area contributed by atoms with E-state index < -0.39 is 5.97 Å². The molecule has 20 heavy (non-hydrogen) atoms. The number of furan rings is 1. The summed E-state index contributed by atoms with van der Waals surface area (Å²) >= 11 is 0. The lowest BCUT2D eigenvalue weighted by Gasteiger charge is -2.19. The van der Waals surface area contributed by atoms with Gasteiger partial charge in [-0.25, -0.2) is 0 Å². The fourth-order valence-electron chi connectivity index (χ4n) is 2.16. The minimum atomic E-state index is -0.848. The van der Waals surface area contributed by atoms with Crippen LogP contribution in [0.4, 0.5) is 0 Å². The number of pyridine rings is 1. The Kier molecular flexibility index (Phi) is 4.53. The molecule has 0 radical (unpaired) electrons. The number of aryl methyl sites for hydroxylation is 2. The van der Waals surface area contributed by atoms with Crippen LogP contribution in [0.15, 0.2) is 34.9 Å². The molecule has 0 fully saturated rings. The molecule has 2 heterocycles. The summed E-state index contributed by atoms with van der Waals surface area (Å²) in [6.07, 6.45) is 1.71. The predicted octanol–water partition coefficient (Wildman–Crippen LogP) is 2.38. The van der Waals surface area contributed by atoms with Gasteiger partial charge in [-0.3, -0.25) is 14.7 Å². The van der Waals surface area contributed by atoms with Crippen molar-refractivity contribution in [2.45, 2.75) is 26.9 Å². The Morgan fingerprint density at radius 1 is 1.35 bits per heavy atom. The van der Waals surface area contributed by atoms with Gasteiger partial charge in [0, 0.05) is 24.8 Å². The Bertz CT molecular complexity index is 578. The number of hydrogen-bond acceptors (Lipinski definition) is 4. The molecule has 2 aromatic heterocycles. The lowest BCUT2D eigenvalue weighted by atomic mass is 10.2. The smallest absolute Gasteiger partial charge is 0.317 e. The van der Waals surface area contributed by atoms with E-state index >= 15 is 0 Å². The molecule has 0 aromatic carbocycles. The summed E-state index contributed by atoms with van der Waals surface area (Å²) in [7, 11) is 0. The zero-order valence-electron chi connectivity index (χ0n) is 11.7. The van der Waals surface area contributed by atoms with Crippen LogP contribution in [0, 0.1) is 13.8 Å². The lowest BCUT2D eigenvalue weighted by Crippen LogP contribution is -2.29. The molecule has 0 aliphatic rings. The van der Waals surface area contributed by atoms with Crippen molar-refractivity contribution in [2.75, 3.05) is 6.54 Å². The van der Waals surface area contributed by atoms with Gasteiger partial charge in [0.25, 0.3) is 0 Å². The fraction of sp³-hybridized carbons (Fsp3) is 0.333. The molecule has 0 aliphatic heterocycles. The van der Waals surface area contributed by atoms with Crippen LogP contribution in [0.1, 0.15) is 22.8 Å². The van der Waals surface area contributed by atoms with Crippen molar-refractivity contribution in [3.8, 4) is 0 Å². The van der Waals surface area contributed by atoms with E-state index in [0.717, 1.165) is 22.8 Å². The maximum atomic E-state index is 11.0. The van der Waals surface area contributed by atoms with E-state index in [4.69, 9.17) is 9.52 Å². The Morgan fingerprint density at radius 3 is 2.70 bits per heavy atom. The van der Waals surface area contributed by atoms with Gasteiger partial charge in [-0.15, -0.1) is 0 Å². The molecular formula is C15H18N2O3. The molecule has 0 aliphatic carbocycles. The first-order chi connectivity index (χ1) is 9.54. The fourth-order valence-corrected chi connectivity index (χ4v) is 2.16. The summed E-state index contributed by atoms with van der Waals surface area (Å²) in [5.41, 5.74) is 1.87. The van der Waals surface area contributed by atoms with Crippen molar-refractivity contribution in [1.82, 2.24) is 9.88 Å². The van der Waals surface area contributed by atoms with Gasteiger partial charge < -0.3 is 9.52 Å². The molecule has 2 aromatic rings. The Balaban J connectivity index is 2.11. The monoisotopic (exact) mass is 274 g/mol. The third-order valence-corrected chi connectivity index (χ3v) is 3.01. The SMILES string of the molecule is Cc1cc(CN(CC(=O)O)Cc2ccccn2)c(C)o1. The molecule has 106 valence electrons. The van der Waals surface area contributed by atoms with E-state index in [1.807, 2.05) is 43.0 Å². The van der Waals surface area contributed by atoms with Crippen LogP contribution in [0.5, 0.6) is 0 Å². The van der Waals surface area contributed by atoms with Crippen molar-refractivity contribution in [1.29, 1.82) is 0 Å². The summed E-state index contributed by atoms with van der Waals surface area (Å²) < 4.78 is 5.48. The van der Waals surface area contributed by atoms with Gasteiger partial charge >= 0.3 is 5.97 Å². The number of aliphatic carboxylic acids is 1. The average molecular weight is 274 g/mol. The van der Waals surface area contributed by atoms with Crippen molar-refractivity contribution in [3.63, 3.8) is 0 Å².